The van der Waals surface area contributed by atoms with Crippen molar-refractivity contribution in [2.75, 3.05) is 25.6 Å². The molecule has 5 nitrogen and oxygen atoms in total. The summed E-state index contributed by atoms with van der Waals surface area (Å²) in [5.74, 6) is 0.668. The lowest BCUT2D eigenvalue weighted by atomic mass is 10.0. The van der Waals surface area contributed by atoms with E-state index in [4.69, 9.17) is 4.74 Å². The first-order valence-electron chi connectivity index (χ1n) is 6.93. The predicted molar refractivity (Wildman–Crippen MR) is 78.1 cm³/mol. The second-order valence-electron chi connectivity index (χ2n) is 5.03. The lowest BCUT2D eigenvalue weighted by Crippen LogP contribution is -2.42. The number of amides is 1. The van der Waals surface area contributed by atoms with Gasteiger partial charge in [0, 0.05) is 24.8 Å². The Morgan fingerprint density at radius 2 is 2.30 bits per heavy atom. The van der Waals surface area contributed by atoms with Gasteiger partial charge in [-0.25, -0.2) is 0 Å². The molecule has 0 radical (unpaired) electrons. The van der Waals surface area contributed by atoms with Crippen molar-refractivity contribution in [3.63, 3.8) is 0 Å². The van der Waals surface area contributed by atoms with E-state index >= 15 is 0 Å². The van der Waals surface area contributed by atoms with Crippen LogP contribution >= 0.6 is 0 Å². The lowest BCUT2D eigenvalue weighted by molar-refractivity contribution is -0.121. The van der Waals surface area contributed by atoms with E-state index < -0.39 is 6.10 Å². The van der Waals surface area contributed by atoms with Gasteiger partial charge in [-0.2, -0.15) is 0 Å². The Kier molecular flexibility index (Phi) is 4.49. The number of hydrogen-bond donors (Lipinski definition) is 2. The molecule has 5 heteroatoms. The number of benzene rings is 1. The molecule has 1 unspecified atom stereocenters. The molecule has 2 atom stereocenters. The number of anilines is 1. The van der Waals surface area contributed by atoms with Gasteiger partial charge in [0.05, 0.1) is 13.2 Å². The third kappa shape index (κ3) is 2.58. The summed E-state index contributed by atoms with van der Waals surface area (Å²) in [5.41, 5.74) is 1.62. The normalized spacial score (nSPS) is 19.8. The summed E-state index contributed by atoms with van der Waals surface area (Å²) in [6.45, 7) is 2.53. The van der Waals surface area contributed by atoms with Crippen molar-refractivity contribution in [3.05, 3.63) is 23.8 Å². The molecule has 0 bridgehead atoms. The number of carbonyl (C=O) groups excluding carboxylic acids is 1. The van der Waals surface area contributed by atoms with Crippen molar-refractivity contribution < 1.29 is 14.6 Å². The van der Waals surface area contributed by atoms with Gasteiger partial charge in [0.25, 0.3) is 0 Å². The predicted octanol–water partition coefficient (Wildman–Crippen LogP) is 1.46. The number of nitrogens with one attached hydrogen (secondary N) is 1. The van der Waals surface area contributed by atoms with Crippen molar-refractivity contribution in [2.24, 2.45) is 0 Å². The summed E-state index contributed by atoms with van der Waals surface area (Å²) in [7, 11) is 3.24. The summed E-state index contributed by atoms with van der Waals surface area (Å²) in [5, 5.41) is 12.8. The van der Waals surface area contributed by atoms with Crippen molar-refractivity contribution in [1.29, 1.82) is 0 Å². The van der Waals surface area contributed by atoms with E-state index in [9.17, 15) is 9.90 Å². The molecule has 1 aliphatic rings. The minimum Gasteiger partial charge on any atom is -0.496 e. The molecule has 2 rings (SSSR count). The highest BCUT2D eigenvalue weighted by Crippen LogP contribution is 2.37. The Morgan fingerprint density at radius 1 is 1.55 bits per heavy atom. The van der Waals surface area contributed by atoms with Gasteiger partial charge in [-0.05, 0) is 31.9 Å². The highest BCUT2D eigenvalue weighted by atomic mass is 16.5. The maximum atomic E-state index is 12.0. The topological polar surface area (TPSA) is 61.8 Å². The maximum absolute atomic E-state index is 12.0. The van der Waals surface area contributed by atoms with Crippen LogP contribution in [0.4, 0.5) is 5.69 Å². The monoisotopic (exact) mass is 278 g/mol. The van der Waals surface area contributed by atoms with Crippen LogP contribution in [0.5, 0.6) is 5.75 Å². The summed E-state index contributed by atoms with van der Waals surface area (Å²) < 4.78 is 5.34. The van der Waals surface area contributed by atoms with Gasteiger partial charge >= 0.3 is 0 Å². The number of ether oxygens (including phenoxy) is 1. The van der Waals surface area contributed by atoms with Gasteiger partial charge in [-0.1, -0.05) is 6.07 Å². The van der Waals surface area contributed by atoms with Crippen LogP contribution in [0, 0.1) is 0 Å². The van der Waals surface area contributed by atoms with E-state index in [1.807, 2.05) is 18.2 Å². The van der Waals surface area contributed by atoms with Crippen molar-refractivity contribution >= 4 is 11.6 Å². The van der Waals surface area contributed by atoms with Crippen molar-refractivity contribution in [3.8, 4) is 5.75 Å². The Labute approximate surface area is 119 Å². The van der Waals surface area contributed by atoms with E-state index in [0.29, 0.717) is 5.75 Å². The average molecular weight is 278 g/mol. The minimum absolute atomic E-state index is 0.0156. The highest BCUT2D eigenvalue weighted by Gasteiger charge is 2.32. The highest BCUT2D eigenvalue weighted by molar-refractivity contribution is 5.86. The van der Waals surface area contributed by atoms with Crippen molar-refractivity contribution in [1.82, 2.24) is 5.32 Å². The first-order valence-corrected chi connectivity index (χ1v) is 6.93. The van der Waals surface area contributed by atoms with Crippen LogP contribution in [-0.4, -0.2) is 37.8 Å². The summed E-state index contributed by atoms with van der Waals surface area (Å²) in [4.78, 5) is 14.0. The molecule has 0 aliphatic carbocycles. The maximum Gasteiger partial charge on any atom is 0.242 e. The van der Waals surface area contributed by atoms with E-state index in [0.717, 1.165) is 30.6 Å². The van der Waals surface area contributed by atoms with Crippen LogP contribution in [0.15, 0.2) is 18.2 Å². The quantitative estimate of drug-likeness (QED) is 0.875. The Morgan fingerprint density at radius 3 is 2.90 bits per heavy atom. The van der Waals surface area contributed by atoms with E-state index in [2.05, 4.69) is 10.2 Å². The van der Waals surface area contributed by atoms with Gasteiger partial charge in [0.1, 0.15) is 11.8 Å². The fraction of sp³-hybridized carbons (Fsp3) is 0.533. The minimum atomic E-state index is -0.646. The number of methoxy groups -OCH3 is 1. The van der Waals surface area contributed by atoms with Gasteiger partial charge in [0.2, 0.25) is 5.91 Å². The molecule has 2 N–H and O–H groups in total. The molecular weight excluding hydrogens is 256 g/mol. The number of aliphatic hydroxyl groups excluding tert-OH is 1. The molecule has 0 spiro atoms. The molecule has 0 saturated carbocycles. The number of carbonyl (C=O) groups is 1. The zero-order valence-corrected chi connectivity index (χ0v) is 12.2. The third-order valence-electron chi connectivity index (χ3n) is 3.79. The van der Waals surface area contributed by atoms with Crippen LogP contribution in [0.3, 0.4) is 0 Å². The molecule has 20 heavy (non-hydrogen) atoms. The fourth-order valence-corrected chi connectivity index (χ4v) is 2.88. The molecule has 1 aromatic rings. The summed E-state index contributed by atoms with van der Waals surface area (Å²) in [6, 6.07) is 5.48. The molecular formula is C15H22N2O3. The number of nitrogens with zero attached hydrogens (tertiary/aromatic N) is 1. The number of likely N-dealkylation sites (N-methyl/N-ethyl adjacent to an activating group) is 1. The molecule has 1 fully saturated rings. The average Bonchev–Trinajstić information content (AvgIpc) is 2.94. The summed E-state index contributed by atoms with van der Waals surface area (Å²) >= 11 is 0. The number of aliphatic hydroxyl groups is 1. The Balaban J connectivity index is 2.43. The first-order chi connectivity index (χ1) is 9.60. The second kappa shape index (κ2) is 6.13. The van der Waals surface area contributed by atoms with E-state index in [1.54, 1.807) is 21.1 Å². The van der Waals surface area contributed by atoms with Gasteiger partial charge in [0.15, 0.2) is 0 Å². The van der Waals surface area contributed by atoms with Crippen LogP contribution in [-0.2, 0) is 4.79 Å². The second-order valence-corrected chi connectivity index (χ2v) is 5.03. The van der Waals surface area contributed by atoms with Crippen LogP contribution in [0.1, 0.15) is 31.4 Å². The van der Waals surface area contributed by atoms with Crippen LogP contribution < -0.4 is 15.0 Å². The van der Waals surface area contributed by atoms with Crippen LogP contribution in [0.2, 0.25) is 0 Å². The lowest BCUT2D eigenvalue weighted by Gasteiger charge is -2.29. The summed E-state index contributed by atoms with van der Waals surface area (Å²) in [6.07, 6.45) is 1.15. The largest absolute Gasteiger partial charge is 0.496 e. The number of hydrogen-bond acceptors (Lipinski definition) is 4. The molecule has 1 aliphatic heterocycles. The molecule has 1 amide bonds. The first kappa shape index (κ1) is 14.7. The molecule has 1 heterocycles. The zero-order valence-electron chi connectivity index (χ0n) is 12.2. The molecule has 1 saturated heterocycles. The van der Waals surface area contributed by atoms with Gasteiger partial charge < -0.3 is 20.1 Å². The van der Waals surface area contributed by atoms with Crippen LogP contribution in [0.25, 0.3) is 0 Å². The molecule has 0 aromatic heterocycles. The molecule has 1 aromatic carbocycles. The third-order valence-corrected chi connectivity index (χ3v) is 3.79. The molecule has 110 valence electrons. The smallest absolute Gasteiger partial charge is 0.242 e. The zero-order chi connectivity index (χ0) is 14.7. The standard InChI is InChI=1S/C15H22N2O3/c1-10(18)14-11(6-4-8-13(14)20-3)17-9-5-7-12(17)15(19)16-2/h4,6,8,10,12,18H,5,7,9H2,1-3H3,(H,16,19)/t10-,12?/m1/s1. The van der Waals surface area contributed by atoms with E-state index in [1.165, 1.54) is 0 Å². The van der Waals surface area contributed by atoms with E-state index in [-0.39, 0.29) is 11.9 Å². The Bertz CT molecular complexity index is 488. The fourth-order valence-electron chi connectivity index (χ4n) is 2.88. The Hall–Kier alpha value is -1.75. The van der Waals surface area contributed by atoms with Crippen molar-refractivity contribution in [2.45, 2.75) is 31.9 Å². The van der Waals surface area contributed by atoms with Gasteiger partial charge in [-0.15, -0.1) is 0 Å². The number of rotatable bonds is 4. The van der Waals surface area contributed by atoms with Gasteiger partial charge in [-0.3, -0.25) is 4.79 Å². The SMILES string of the molecule is CNC(=O)C1CCCN1c1cccc(OC)c1[C@@H](C)O.